The van der Waals surface area contributed by atoms with Crippen LogP contribution in [0.2, 0.25) is 0 Å². The number of benzene rings is 1. The third-order valence-electron chi connectivity index (χ3n) is 3.36. The van der Waals surface area contributed by atoms with Gasteiger partial charge in [-0.2, -0.15) is 0 Å². The Morgan fingerprint density at radius 2 is 2.06 bits per heavy atom. The minimum atomic E-state index is -0.782. The fraction of sp³-hybridized carbons (Fsp3) is 0.500. The molecule has 2 N–H and O–H groups in total. The van der Waals surface area contributed by atoms with Gasteiger partial charge >= 0.3 is 5.97 Å². The Morgan fingerprint density at radius 1 is 1.39 bits per heavy atom. The Bertz CT molecular complexity index is 399. The molecule has 2 rings (SSSR count). The standard InChI is InChI=1S/C14H19NO3/c1-17-13(16)14(15)7-12(8-14)10-18-9-11-5-3-2-4-6-11/h2-6,12H,7-10,15H2,1H3. The Kier molecular flexibility index (Phi) is 3.99. The second-order valence-corrected chi connectivity index (χ2v) is 4.92. The molecule has 0 heterocycles. The van der Waals surface area contributed by atoms with E-state index in [2.05, 4.69) is 4.74 Å². The van der Waals surface area contributed by atoms with E-state index >= 15 is 0 Å². The van der Waals surface area contributed by atoms with E-state index in [-0.39, 0.29) is 5.97 Å². The number of rotatable bonds is 5. The minimum absolute atomic E-state index is 0.318. The van der Waals surface area contributed by atoms with Gasteiger partial charge in [0.05, 0.1) is 20.3 Å². The van der Waals surface area contributed by atoms with E-state index in [0.29, 0.717) is 32.0 Å². The number of carbonyl (C=O) groups excluding carboxylic acids is 1. The highest BCUT2D eigenvalue weighted by Gasteiger charge is 2.47. The molecule has 0 spiro atoms. The van der Waals surface area contributed by atoms with E-state index < -0.39 is 5.54 Å². The molecule has 0 saturated heterocycles. The summed E-state index contributed by atoms with van der Waals surface area (Å²) in [5.41, 5.74) is 6.27. The summed E-state index contributed by atoms with van der Waals surface area (Å²) in [6.07, 6.45) is 1.29. The molecule has 0 aliphatic heterocycles. The summed E-state index contributed by atoms with van der Waals surface area (Å²) >= 11 is 0. The SMILES string of the molecule is COC(=O)C1(N)CC(COCc2ccccc2)C1. The highest BCUT2D eigenvalue weighted by molar-refractivity contribution is 5.81. The van der Waals surface area contributed by atoms with Crippen LogP contribution in [0.3, 0.4) is 0 Å². The first-order valence-electron chi connectivity index (χ1n) is 6.13. The molecule has 1 aliphatic rings. The topological polar surface area (TPSA) is 61.5 Å². The van der Waals surface area contributed by atoms with Gasteiger partial charge < -0.3 is 15.2 Å². The molecule has 0 atom stereocenters. The van der Waals surface area contributed by atoms with Gasteiger partial charge in [-0.3, -0.25) is 4.79 Å². The van der Waals surface area contributed by atoms with E-state index in [9.17, 15) is 4.79 Å². The van der Waals surface area contributed by atoms with E-state index in [0.717, 1.165) is 5.56 Å². The van der Waals surface area contributed by atoms with E-state index in [1.165, 1.54) is 7.11 Å². The van der Waals surface area contributed by atoms with Gasteiger partial charge in [0.1, 0.15) is 5.54 Å². The number of nitrogens with two attached hydrogens (primary N) is 1. The van der Waals surface area contributed by atoms with Crippen LogP contribution in [-0.2, 0) is 20.9 Å². The van der Waals surface area contributed by atoms with Gasteiger partial charge in [-0.05, 0) is 24.3 Å². The highest BCUT2D eigenvalue weighted by atomic mass is 16.5. The molecule has 4 nitrogen and oxygen atoms in total. The van der Waals surface area contributed by atoms with Crippen molar-refractivity contribution in [1.82, 2.24) is 0 Å². The maximum Gasteiger partial charge on any atom is 0.325 e. The normalized spacial score (nSPS) is 26.4. The van der Waals surface area contributed by atoms with Crippen LogP contribution >= 0.6 is 0 Å². The van der Waals surface area contributed by atoms with Crippen molar-refractivity contribution in [2.24, 2.45) is 11.7 Å². The summed E-state index contributed by atoms with van der Waals surface area (Å²) in [5.74, 6) is 0.0413. The number of hydrogen-bond donors (Lipinski definition) is 1. The van der Waals surface area contributed by atoms with E-state index in [4.69, 9.17) is 10.5 Å². The molecule has 1 aliphatic carbocycles. The van der Waals surface area contributed by atoms with Gasteiger partial charge in [-0.1, -0.05) is 30.3 Å². The van der Waals surface area contributed by atoms with Crippen LogP contribution in [-0.4, -0.2) is 25.2 Å². The van der Waals surface area contributed by atoms with Gasteiger partial charge in [0.2, 0.25) is 0 Å². The molecular formula is C14H19NO3. The van der Waals surface area contributed by atoms with Crippen LogP contribution in [0.15, 0.2) is 30.3 Å². The monoisotopic (exact) mass is 249 g/mol. The molecule has 1 aromatic rings. The average molecular weight is 249 g/mol. The zero-order valence-electron chi connectivity index (χ0n) is 10.6. The summed E-state index contributed by atoms with van der Waals surface area (Å²) in [6.45, 7) is 1.25. The lowest BCUT2D eigenvalue weighted by Gasteiger charge is -2.41. The molecule has 0 amide bonds. The largest absolute Gasteiger partial charge is 0.468 e. The first kappa shape index (κ1) is 13.1. The van der Waals surface area contributed by atoms with Crippen LogP contribution in [0, 0.1) is 5.92 Å². The van der Waals surface area contributed by atoms with Crippen LogP contribution in [0.1, 0.15) is 18.4 Å². The molecular weight excluding hydrogens is 230 g/mol. The average Bonchev–Trinajstić information content (AvgIpc) is 2.36. The lowest BCUT2D eigenvalue weighted by Crippen LogP contribution is -2.59. The highest BCUT2D eigenvalue weighted by Crippen LogP contribution is 2.36. The molecule has 0 unspecified atom stereocenters. The second kappa shape index (κ2) is 5.50. The van der Waals surface area contributed by atoms with Crippen molar-refractivity contribution < 1.29 is 14.3 Å². The van der Waals surface area contributed by atoms with E-state index in [1.807, 2.05) is 30.3 Å². The van der Waals surface area contributed by atoms with Crippen molar-refractivity contribution in [2.45, 2.75) is 25.0 Å². The van der Waals surface area contributed by atoms with Gasteiger partial charge in [0.15, 0.2) is 0 Å². The third-order valence-corrected chi connectivity index (χ3v) is 3.36. The van der Waals surface area contributed by atoms with Crippen LogP contribution in [0.25, 0.3) is 0 Å². The van der Waals surface area contributed by atoms with Crippen molar-refractivity contribution in [3.05, 3.63) is 35.9 Å². The maximum absolute atomic E-state index is 11.4. The molecule has 18 heavy (non-hydrogen) atoms. The molecule has 1 saturated carbocycles. The molecule has 1 aromatic carbocycles. The predicted octanol–water partition coefficient (Wildman–Crippen LogP) is 1.48. The van der Waals surface area contributed by atoms with Gasteiger partial charge in [-0.15, -0.1) is 0 Å². The lowest BCUT2D eigenvalue weighted by molar-refractivity contribution is -0.153. The number of methoxy groups -OCH3 is 1. The summed E-state index contributed by atoms with van der Waals surface area (Å²) in [5, 5.41) is 0. The quantitative estimate of drug-likeness (QED) is 0.803. The number of carbonyl (C=O) groups is 1. The first-order valence-corrected chi connectivity index (χ1v) is 6.13. The first-order chi connectivity index (χ1) is 8.64. The van der Waals surface area contributed by atoms with Crippen molar-refractivity contribution in [2.75, 3.05) is 13.7 Å². The number of hydrogen-bond acceptors (Lipinski definition) is 4. The summed E-state index contributed by atoms with van der Waals surface area (Å²) < 4.78 is 10.3. The zero-order chi connectivity index (χ0) is 13.0. The van der Waals surface area contributed by atoms with Crippen molar-refractivity contribution in [3.8, 4) is 0 Å². The number of ether oxygens (including phenoxy) is 2. The predicted molar refractivity (Wildman–Crippen MR) is 67.8 cm³/mol. The van der Waals surface area contributed by atoms with Gasteiger partial charge in [0, 0.05) is 0 Å². The Morgan fingerprint density at radius 3 is 2.67 bits per heavy atom. The fourth-order valence-corrected chi connectivity index (χ4v) is 2.38. The van der Waals surface area contributed by atoms with Crippen LogP contribution < -0.4 is 5.73 Å². The summed E-state index contributed by atoms with van der Waals surface area (Å²) in [4.78, 5) is 11.4. The van der Waals surface area contributed by atoms with Crippen LogP contribution in [0.4, 0.5) is 0 Å². The molecule has 0 aromatic heterocycles. The molecule has 0 radical (unpaired) electrons. The van der Waals surface area contributed by atoms with Gasteiger partial charge in [-0.25, -0.2) is 0 Å². The lowest BCUT2D eigenvalue weighted by atomic mass is 9.69. The van der Waals surface area contributed by atoms with E-state index in [1.54, 1.807) is 0 Å². The smallest absolute Gasteiger partial charge is 0.325 e. The van der Waals surface area contributed by atoms with Crippen molar-refractivity contribution in [1.29, 1.82) is 0 Å². The summed E-state index contributed by atoms with van der Waals surface area (Å²) in [7, 11) is 1.37. The fourth-order valence-electron chi connectivity index (χ4n) is 2.38. The Balaban J connectivity index is 1.67. The second-order valence-electron chi connectivity index (χ2n) is 4.92. The number of esters is 1. The summed E-state index contributed by atoms with van der Waals surface area (Å²) in [6, 6.07) is 10.0. The Hall–Kier alpha value is -1.39. The van der Waals surface area contributed by atoms with Crippen molar-refractivity contribution in [3.63, 3.8) is 0 Å². The third kappa shape index (κ3) is 2.89. The maximum atomic E-state index is 11.4. The van der Waals surface area contributed by atoms with Crippen molar-refractivity contribution >= 4 is 5.97 Å². The molecule has 1 fully saturated rings. The molecule has 4 heteroatoms. The zero-order valence-corrected chi connectivity index (χ0v) is 10.6. The molecule has 0 bridgehead atoms. The van der Waals surface area contributed by atoms with Crippen LogP contribution in [0.5, 0.6) is 0 Å². The van der Waals surface area contributed by atoms with Gasteiger partial charge in [0.25, 0.3) is 0 Å². The minimum Gasteiger partial charge on any atom is -0.468 e. The molecule has 98 valence electrons. The Labute approximate surface area is 107 Å².